The molecule has 2 N–H and O–H groups in total. The Balaban J connectivity index is 2.35. The smallest absolute Gasteiger partial charge is 0.0218 e. The van der Waals surface area contributed by atoms with E-state index in [0.29, 0.717) is 6.04 Å². The molecule has 1 aliphatic heterocycles. The van der Waals surface area contributed by atoms with E-state index < -0.39 is 0 Å². The summed E-state index contributed by atoms with van der Waals surface area (Å²) in [4.78, 5) is 2.61. The van der Waals surface area contributed by atoms with Crippen LogP contribution in [0.5, 0.6) is 0 Å². The molecule has 0 radical (unpaired) electrons. The molecule has 1 atom stereocenters. The maximum absolute atomic E-state index is 5.80. The summed E-state index contributed by atoms with van der Waals surface area (Å²) >= 11 is 0. The van der Waals surface area contributed by atoms with Gasteiger partial charge in [-0.2, -0.15) is 0 Å². The van der Waals surface area contributed by atoms with Gasteiger partial charge in [0, 0.05) is 12.6 Å². The predicted molar refractivity (Wildman–Crippen MR) is 57.8 cm³/mol. The minimum atomic E-state index is 0.656. The molecule has 1 unspecified atom stereocenters. The van der Waals surface area contributed by atoms with Crippen molar-refractivity contribution in [1.82, 2.24) is 4.90 Å². The summed E-state index contributed by atoms with van der Waals surface area (Å²) in [5.74, 6) is 0. The third kappa shape index (κ3) is 3.65. The molecule has 2 nitrogen and oxygen atoms in total. The first-order chi connectivity index (χ1) is 6.38. The molecule has 1 heterocycles. The molecule has 0 aromatic carbocycles. The monoisotopic (exact) mass is 184 g/mol. The molecule has 2 heteroatoms. The Bertz CT molecular complexity index is 117. The van der Waals surface area contributed by atoms with Crippen LogP contribution in [0.2, 0.25) is 0 Å². The van der Waals surface area contributed by atoms with Crippen molar-refractivity contribution in [2.75, 3.05) is 19.6 Å². The normalized spacial score (nSPS) is 22.6. The van der Waals surface area contributed by atoms with E-state index in [1.54, 1.807) is 0 Å². The van der Waals surface area contributed by atoms with Crippen LogP contribution < -0.4 is 5.73 Å². The zero-order valence-electron chi connectivity index (χ0n) is 8.97. The number of hydrogen-bond donors (Lipinski definition) is 1. The third-order valence-corrected chi connectivity index (χ3v) is 3.05. The highest BCUT2D eigenvalue weighted by molar-refractivity contribution is 4.74. The van der Waals surface area contributed by atoms with Gasteiger partial charge in [0.2, 0.25) is 0 Å². The van der Waals surface area contributed by atoms with Crippen molar-refractivity contribution in [3.63, 3.8) is 0 Å². The molecule has 1 aliphatic rings. The Morgan fingerprint density at radius 3 is 2.23 bits per heavy atom. The summed E-state index contributed by atoms with van der Waals surface area (Å²) in [7, 11) is 0. The summed E-state index contributed by atoms with van der Waals surface area (Å²) in [6.07, 6.45) is 8.12. The van der Waals surface area contributed by atoms with Crippen LogP contribution in [-0.2, 0) is 0 Å². The van der Waals surface area contributed by atoms with Gasteiger partial charge in [-0.1, -0.05) is 26.2 Å². The molecule has 0 spiro atoms. The summed E-state index contributed by atoms with van der Waals surface area (Å²) in [6, 6.07) is 0.656. The summed E-state index contributed by atoms with van der Waals surface area (Å²) in [6.45, 7) is 5.65. The van der Waals surface area contributed by atoms with E-state index in [1.165, 1.54) is 51.6 Å². The van der Waals surface area contributed by atoms with E-state index in [-0.39, 0.29) is 0 Å². The zero-order chi connectivity index (χ0) is 9.52. The maximum Gasteiger partial charge on any atom is 0.0218 e. The molecule has 0 saturated carbocycles. The second kappa shape index (κ2) is 6.39. The van der Waals surface area contributed by atoms with Gasteiger partial charge >= 0.3 is 0 Å². The Labute approximate surface area is 82.5 Å². The van der Waals surface area contributed by atoms with E-state index in [4.69, 9.17) is 5.73 Å². The average molecular weight is 184 g/mol. The lowest BCUT2D eigenvalue weighted by Gasteiger charge is -2.29. The largest absolute Gasteiger partial charge is 0.329 e. The molecule has 0 aromatic rings. The van der Waals surface area contributed by atoms with Crippen molar-refractivity contribution in [3.8, 4) is 0 Å². The quantitative estimate of drug-likeness (QED) is 0.724. The number of nitrogens with two attached hydrogens (primary N) is 1. The lowest BCUT2D eigenvalue weighted by Crippen LogP contribution is -2.41. The van der Waals surface area contributed by atoms with Crippen LogP contribution in [0.3, 0.4) is 0 Å². The minimum Gasteiger partial charge on any atom is -0.329 e. The Morgan fingerprint density at radius 1 is 1.15 bits per heavy atom. The second-order valence-electron chi connectivity index (χ2n) is 4.13. The first-order valence-corrected chi connectivity index (χ1v) is 5.82. The van der Waals surface area contributed by atoms with Gasteiger partial charge in [0.25, 0.3) is 0 Å². The van der Waals surface area contributed by atoms with E-state index in [9.17, 15) is 0 Å². The predicted octanol–water partition coefficient (Wildman–Crippen LogP) is 1.99. The number of likely N-dealkylation sites (tertiary alicyclic amines) is 1. The maximum atomic E-state index is 5.80. The van der Waals surface area contributed by atoms with E-state index in [0.717, 1.165) is 6.54 Å². The molecule has 78 valence electrons. The molecule has 0 aliphatic carbocycles. The highest BCUT2D eigenvalue weighted by Gasteiger charge is 2.16. The van der Waals surface area contributed by atoms with Crippen LogP contribution in [0.4, 0.5) is 0 Å². The fraction of sp³-hybridized carbons (Fsp3) is 1.00. The van der Waals surface area contributed by atoms with Crippen LogP contribution >= 0.6 is 0 Å². The van der Waals surface area contributed by atoms with Gasteiger partial charge in [-0.25, -0.2) is 0 Å². The molecule has 13 heavy (non-hydrogen) atoms. The van der Waals surface area contributed by atoms with Gasteiger partial charge in [-0.15, -0.1) is 0 Å². The summed E-state index contributed by atoms with van der Waals surface area (Å²) < 4.78 is 0. The van der Waals surface area contributed by atoms with Gasteiger partial charge in [-0.3, -0.25) is 4.90 Å². The van der Waals surface area contributed by atoms with E-state index >= 15 is 0 Å². The molecule has 0 amide bonds. The van der Waals surface area contributed by atoms with Crippen molar-refractivity contribution in [2.24, 2.45) is 5.73 Å². The fourth-order valence-corrected chi connectivity index (χ4v) is 2.24. The molecular formula is C11H24N2. The van der Waals surface area contributed by atoms with E-state index in [1.807, 2.05) is 0 Å². The number of rotatable bonds is 4. The molecule has 1 rings (SSSR count). The minimum absolute atomic E-state index is 0.656. The van der Waals surface area contributed by atoms with Gasteiger partial charge in [0.1, 0.15) is 0 Å². The fourth-order valence-electron chi connectivity index (χ4n) is 2.24. The van der Waals surface area contributed by atoms with Gasteiger partial charge in [-0.05, 0) is 32.4 Å². The van der Waals surface area contributed by atoms with E-state index in [2.05, 4.69) is 11.8 Å². The molecular weight excluding hydrogens is 160 g/mol. The van der Waals surface area contributed by atoms with Crippen LogP contribution in [0.15, 0.2) is 0 Å². The Hall–Kier alpha value is -0.0800. The Morgan fingerprint density at radius 2 is 1.77 bits per heavy atom. The zero-order valence-corrected chi connectivity index (χ0v) is 8.97. The molecule has 0 aromatic heterocycles. The lowest BCUT2D eigenvalue weighted by molar-refractivity contribution is 0.197. The van der Waals surface area contributed by atoms with Crippen molar-refractivity contribution in [2.45, 2.75) is 51.5 Å². The van der Waals surface area contributed by atoms with Crippen LogP contribution in [0.1, 0.15) is 45.4 Å². The molecule has 0 bridgehead atoms. The SMILES string of the molecule is CCCC(CN)N1CCCCCC1. The summed E-state index contributed by atoms with van der Waals surface area (Å²) in [5.41, 5.74) is 5.80. The van der Waals surface area contributed by atoms with Crippen molar-refractivity contribution < 1.29 is 0 Å². The highest BCUT2D eigenvalue weighted by atomic mass is 15.2. The number of hydrogen-bond acceptors (Lipinski definition) is 2. The highest BCUT2D eigenvalue weighted by Crippen LogP contribution is 2.14. The summed E-state index contributed by atoms with van der Waals surface area (Å²) in [5, 5.41) is 0. The topological polar surface area (TPSA) is 29.3 Å². The first kappa shape index (κ1) is 11.0. The van der Waals surface area contributed by atoms with Crippen molar-refractivity contribution >= 4 is 0 Å². The van der Waals surface area contributed by atoms with Crippen molar-refractivity contribution in [3.05, 3.63) is 0 Å². The van der Waals surface area contributed by atoms with Crippen LogP contribution in [0, 0.1) is 0 Å². The van der Waals surface area contributed by atoms with Gasteiger partial charge in [0.15, 0.2) is 0 Å². The van der Waals surface area contributed by atoms with Gasteiger partial charge < -0.3 is 5.73 Å². The first-order valence-electron chi connectivity index (χ1n) is 5.82. The Kier molecular flexibility index (Phi) is 5.40. The van der Waals surface area contributed by atoms with Crippen LogP contribution in [-0.4, -0.2) is 30.6 Å². The second-order valence-corrected chi connectivity index (χ2v) is 4.13. The molecule has 1 fully saturated rings. The lowest BCUT2D eigenvalue weighted by atomic mass is 10.1. The average Bonchev–Trinajstić information content (AvgIpc) is 2.42. The number of nitrogens with zero attached hydrogens (tertiary/aromatic N) is 1. The van der Waals surface area contributed by atoms with Gasteiger partial charge in [0.05, 0.1) is 0 Å². The standard InChI is InChI=1S/C11H24N2/c1-2-7-11(10-12)13-8-5-3-4-6-9-13/h11H,2-10,12H2,1H3. The van der Waals surface area contributed by atoms with Crippen LogP contribution in [0.25, 0.3) is 0 Å². The third-order valence-electron chi connectivity index (χ3n) is 3.05. The molecule has 1 saturated heterocycles. The van der Waals surface area contributed by atoms with Crippen molar-refractivity contribution in [1.29, 1.82) is 0 Å².